The first-order valence-corrected chi connectivity index (χ1v) is 7.39. The molecule has 1 heterocycles. The molecule has 1 atom stereocenters. The second kappa shape index (κ2) is 5.66. The molecule has 3 rings (SSSR count). The fourth-order valence-electron chi connectivity index (χ4n) is 2.73. The number of benzene rings is 2. The maximum atomic E-state index is 6.70. The minimum atomic E-state index is -0.377. The van der Waals surface area contributed by atoms with Crippen LogP contribution >= 0.6 is 0 Å². The van der Waals surface area contributed by atoms with E-state index >= 15 is 0 Å². The third kappa shape index (κ3) is 2.81. The Morgan fingerprint density at radius 2 is 1.71 bits per heavy atom. The van der Waals surface area contributed by atoms with Crippen LogP contribution in [0.4, 0.5) is 0 Å². The molecule has 0 spiro atoms. The smallest absolute Gasteiger partial charge is 0.0702 e. The Balaban J connectivity index is 2.00. The molecular formula is C19H20N2. The molecule has 3 aromatic rings. The molecule has 0 fully saturated rings. The number of fused-ring (bicyclic) bond motifs is 1. The van der Waals surface area contributed by atoms with Crippen molar-refractivity contribution in [3.05, 3.63) is 78.0 Å². The van der Waals surface area contributed by atoms with Crippen LogP contribution in [0.15, 0.2) is 66.9 Å². The summed E-state index contributed by atoms with van der Waals surface area (Å²) in [5, 5.41) is 1.14. The minimum absolute atomic E-state index is 0.377. The molecule has 0 radical (unpaired) electrons. The molecule has 106 valence electrons. The molecule has 0 aliphatic heterocycles. The Labute approximate surface area is 125 Å². The summed E-state index contributed by atoms with van der Waals surface area (Å²) in [6.45, 7) is 2.14. The summed E-state index contributed by atoms with van der Waals surface area (Å²) >= 11 is 0. The van der Waals surface area contributed by atoms with Crippen molar-refractivity contribution in [1.82, 2.24) is 4.98 Å². The molecule has 21 heavy (non-hydrogen) atoms. The van der Waals surface area contributed by atoms with E-state index in [4.69, 9.17) is 5.73 Å². The van der Waals surface area contributed by atoms with Gasteiger partial charge in [-0.3, -0.25) is 4.98 Å². The van der Waals surface area contributed by atoms with E-state index in [1.165, 1.54) is 5.56 Å². The van der Waals surface area contributed by atoms with Gasteiger partial charge in [0.1, 0.15) is 0 Å². The Kier molecular flexibility index (Phi) is 3.72. The van der Waals surface area contributed by atoms with Crippen LogP contribution in [0.1, 0.15) is 24.5 Å². The van der Waals surface area contributed by atoms with E-state index in [1.807, 2.05) is 30.5 Å². The van der Waals surface area contributed by atoms with Crippen LogP contribution in [0, 0.1) is 0 Å². The zero-order valence-electron chi connectivity index (χ0n) is 12.3. The van der Waals surface area contributed by atoms with Gasteiger partial charge in [-0.2, -0.15) is 0 Å². The normalized spacial score (nSPS) is 14.0. The van der Waals surface area contributed by atoms with Gasteiger partial charge in [0.25, 0.3) is 0 Å². The van der Waals surface area contributed by atoms with Gasteiger partial charge in [0.2, 0.25) is 0 Å². The lowest BCUT2D eigenvalue weighted by atomic mass is 9.83. The maximum Gasteiger partial charge on any atom is 0.0702 e. The molecule has 2 heteroatoms. The summed E-state index contributed by atoms with van der Waals surface area (Å²) in [5.41, 5.74) is 9.70. The summed E-state index contributed by atoms with van der Waals surface area (Å²) in [4.78, 5) is 4.56. The van der Waals surface area contributed by atoms with E-state index in [0.29, 0.717) is 0 Å². The van der Waals surface area contributed by atoms with Crippen molar-refractivity contribution in [2.45, 2.75) is 25.3 Å². The lowest BCUT2D eigenvalue weighted by Gasteiger charge is -2.29. The van der Waals surface area contributed by atoms with Gasteiger partial charge in [0, 0.05) is 17.1 Å². The summed E-state index contributed by atoms with van der Waals surface area (Å²) in [7, 11) is 0. The summed E-state index contributed by atoms with van der Waals surface area (Å²) in [6, 6.07) is 20.8. The van der Waals surface area contributed by atoms with Crippen molar-refractivity contribution in [3.63, 3.8) is 0 Å². The highest BCUT2D eigenvalue weighted by Gasteiger charge is 2.26. The predicted molar refractivity (Wildman–Crippen MR) is 88.0 cm³/mol. The second-order valence-corrected chi connectivity index (χ2v) is 5.59. The summed E-state index contributed by atoms with van der Waals surface area (Å²) < 4.78 is 0. The standard InChI is InChI=1S/C19H20N2/c1-2-19(20,13-15-8-4-3-5-9-15)17-12-16-10-6-7-11-18(16)21-14-17/h3-12,14H,2,13,20H2,1H3. The van der Waals surface area contributed by atoms with Crippen molar-refractivity contribution in [3.8, 4) is 0 Å². The minimum Gasteiger partial charge on any atom is -0.321 e. The molecule has 1 aromatic heterocycles. The molecule has 2 aromatic carbocycles. The van der Waals surface area contributed by atoms with Crippen LogP contribution in [0.3, 0.4) is 0 Å². The van der Waals surface area contributed by atoms with Crippen LogP contribution in [0.2, 0.25) is 0 Å². The van der Waals surface area contributed by atoms with Gasteiger partial charge in [-0.05, 0) is 36.1 Å². The van der Waals surface area contributed by atoms with Crippen LogP contribution in [0.25, 0.3) is 10.9 Å². The highest BCUT2D eigenvalue weighted by Crippen LogP contribution is 2.28. The molecule has 0 amide bonds. The topological polar surface area (TPSA) is 38.9 Å². The average molecular weight is 276 g/mol. The number of hydrogen-bond acceptors (Lipinski definition) is 2. The largest absolute Gasteiger partial charge is 0.321 e. The van der Waals surface area contributed by atoms with Crippen molar-refractivity contribution in [1.29, 1.82) is 0 Å². The average Bonchev–Trinajstić information content (AvgIpc) is 2.55. The molecular weight excluding hydrogens is 256 g/mol. The van der Waals surface area contributed by atoms with E-state index in [9.17, 15) is 0 Å². The summed E-state index contributed by atoms with van der Waals surface area (Å²) in [5.74, 6) is 0. The summed E-state index contributed by atoms with van der Waals surface area (Å²) in [6.07, 6.45) is 3.63. The Morgan fingerprint density at radius 1 is 1.00 bits per heavy atom. The number of pyridine rings is 1. The van der Waals surface area contributed by atoms with Gasteiger partial charge in [0.05, 0.1) is 5.52 Å². The molecule has 0 aliphatic carbocycles. The zero-order valence-corrected chi connectivity index (χ0v) is 12.3. The fraction of sp³-hybridized carbons (Fsp3) is 0.211. The van der Waals surface area contributed by atoms with E-state index in [0.717, 1.165) is 29.3 Å². The quantitative estimate of drug-likeness (QED) is 0.781. The molecule has 0 saturated carbocycles. The highest BCUT2D eigenvalue weighted by molar-refractivity contribution is 5.79. The SMILES string of the molecule is CCC(N)(Cc1ccccc1)c1cnc2ccccc2c1. The molecule has 0 saturated heterocycles. The first-order valence-electron chi connectivity index (χ1n) is 7.39. The number of nitrogens with zero attached hydrogens (tertiary/aromatic N) is 1. The number of aromatic nitrogens is 1. The molecule has 2 nitrogen and oxygen atoms in total. The van der Waals surface area contributed by atoms with E-state index in [1.54, 1.807) is 0 Å². The first kappa shape index (κ1) is 13.8. The van der Waals surface area contributed by atoms with Gasteiger partial charge in [-0.1, -0.05) is 55.5 Å². The van der Waals surface area contributed by atoms with Crippen molar-refractivity contribution >= 4 is 10.9 Å². The van der Waals surface area contributed by atoms with Crippen LogP contribution in [-0.4, -0.2) is 4.98 Å². The fourth-order valence-corrected chi connectivity index (χ4v) is 2.73. The van der Waals surface area contributed by atoms with Crippen LogP contribution < -0.4 is 5.73 Å². The maximum absolute atomic E-state index is 6.70. The van der Waals surface area contributed by atoms with Crippen molar-refractivity contribution in [2.75, 3.05) is 0 Å². The Bertz CT molecular complexity index is 737. The number of nitrogens with two attached hydrogens (primary N) is 1. The monoisotopic (exact) mass is 276 g/mol. The van der Waals surface area contributed by atoms with E-state index in [-0.39, 0.29) is 5.54 Å². The lowest BCUT2D eigenvalue weighted by molar-refractivity contribution is 0.424. The number of hydrogen-bond donors (Lipinski definition) is 1. The van der Waals surface area contributed by atoms with Gasteiger partial charge in [-0.15, -0.1) is 0 Å². The third-order valence-electron chi connectivity index (χ3n) is 4.16. The zero-order chi connectivity index (χ0) is 14.7. The van der Waals surface area contributed by atoms with Gasteiger partial charge >= 0.3 is 0 Å². The lowest BCUT2D eigenvalue weighted by Crippen LogP contribution is -2.38. The Morgan fingerprint density at radius 3 is 2.48 bits per heavy atom. The van der Waals surface area contributed by atoms with Crippen molar-refractivity contribution in [2.24, 2.45) is 5.73 Å². The van der Waals surface area contributed by atoms with E-state index in [2.05, 4.69) is 48.3 Å². The van der Waals surface area contributed by atoms with Gasteiger partial charge in [-0.25, -0.2) is 0 Å². The van der Waals surface area contributed by atoms with E-state index < -0.39 is 0 Å². The van der Waals surface area contributed by atoms with Crippen LogP contribution in [0.5, 0.6) is 0 Å². The molecule has 0 aliphatic rings. The predicted octanol–water partition coefficient (Wildman–Crippen LogP) is 4.04. The second-order valence-electron chi connectivity index (χ2n) is 5.59. The van der Waals surface area contributed by atoms with Crippen molar-refractivity contribution < 1.29 is 0 Å². The Hall–Kier alpha value is -2.19. The molecule has 0 bridgehead atoms. The van der Waals surface area contributed by atoms with Crippen LogP contribution in [-0.2, 0) is 12.0 Å². The molecule has 2 N–H and O–H groups in total. The number of rotatable bonds is 4. The number of para-hydroxylation sites is 1. The molecule has 1 unspecified atom stereocenters. The third-order valence-corrected chi connectivity index (χ3v) is 4.16. The first-order chi connectivity index (χ1) is 10.2. The van der Waals surface area contributed by atoms with Gasteiger partial charge in [0.15, 0.2) is 0 Å². The van der Waals surface area contributed by atoms with Gasteiger partial charge < -0.3 is 5.73 Å². The highest BCUT2D eigenvalue weighted by atomic mass is 14.8.